The van der Waals surface area contributed by atoms with Crippen molar-refractivity contribution in [1.29, 1.82) is 0 Å². The van der Waals surface area contributed by atoms with Gasteiger partial charge in [-0.05, 0) is 25.1 Å². The molecule has 84 valence electrons. The van der Waals surface area contributed by atoms with Crippen molar-refractivity contribution in [2.75, 3.05) is 6.54 Å². The van der Waals surface area contributed by atoms with Crippen LogP contribution in [0.1, 0.15) is 5.56 Å². The highest BCUT2D eigenvalue weighted by atomic mass is 19.1. The van der Waals surface area contributed by atoms with Crippen LogP contribution in [0.15, 0.2) is 35.3 Å². The summed E-state index contributed by atoms with van der Waals surface area (Å²) in [6.45, 7) is 0.393. The van der Waals surface area contributed by atoms with Crippen LogP contribution in [0.25, 0.3) is 5.69 Å². The van der Waals surface area contributed by atoms with Crippen LogP contribution in [-0.2, 0) is 6.42 Å². The summed E-state index contributed by atoms with van der Waals surface area (Å²) in [6, 6.07) is 6.10. The molecular formula is C11H12FN3O. The largest absolute Gasteiger partial charge is 0.330 e. The minimum Gasteiger partial charge on any atom is -0.330 e. The Balaban J connectivity index is 2.50. The molecule has 3 N–H and O–H groups in total. The lowest BCUT2D eigenvalue weighted by Gasteiger charge is -2.01. The number of halogens is 1. The highest BCUT2D eigenvalue weighted by Gasteiger charge is 2.09. The van der Waals surface area contributed by atoms with E-state index in [1.54, 1.807) is 24.4 Å². The number of para-hydroxylation sites is 1. The van der Waals surface area contributed by atoms with Crippen molar-refractivity contribution in [2.24, 2.45) is 5.73 Å². The summed E-state index contributed by atoms with van der Waals surface area (Å²) < 4.78 is 14.6. The second-order valence-electron chi connectivity index (χ2n) is 3.43. The van der Waals surface area contributed by atoms with Crippen LogP contribution in [-0.4, -0.2) is 16.3 Å². The van der Waals surface area contributed by atoms with Gasteiger partial charge in [0.15, 0.2) is 0 Å². The van der Waals surface area contributed by atoms with Crippen LogP contribution in [0.2, 0.25) is 0 Å². The Morgan fingerprint density at radius 3 is 2.81 bits per heavy atom. The van der Waals surface area contributed by atoms with Gasteiger partial charge in [-0.1, -0.05) is 12.1 Å². The molecule has 5 heteroatoms. The fourth-order valence-corrected chi connectivity index (χ4v) is 1.55. The molecule has 0 fully saturated rings. The lowest BCUT2D eigenvalue weighted by atomic mass is 10.2. The van der Waals surface area contributed by atoms with Crippen LogP contribution in [0.5, 0.6) is 0 Å². The Kier molecular flexibility index (Phi) is 2.87. The van der Waals surface area contributed by atoms with E-state index >= 15 is 0 Å². The first-order valence-corrected chi connectivity index (χ1v) is 4.98. The molecule has 1 aromatic heterocycles. The molecule has 2 aromatic rings. The summed E-state index contributed by atoms with van der Waals surface area (Å²) in [5.41, 5.74) is 5.90. The molecule has 0 saturated heterocycles. The molecule has 0 aliphatic heterocycles. The summed E-state index contributed by atoms with van der Waals surface area (Å²) >= 11 is 0. The summed E-state index contributed by atoms with van der Waals surface area (Å²) in [4.78, 5) is 11.8. The van der Waals surface area contributed by atoms with E-state index in [1.807, 2.05) is 0 Å². The van der Waals surface area contributed by atoms with Crippen molar-refractivity contribution in [3.05, 3.63) is 52.2 Å². The molecule has 0 spiro atoms. The van der Waals surface area contributed by atoms with Gasteiger partial charge < -0.3 is 5.73 Å². The maximum absolute atomic E-state index is 13.4. The average molecular weight is 221 g/mol. The van der Waals surface area contributed by atoms with Crippen molar-refractivity contribution in [3.63, 3.8) is 0 Å². The van der Waals surface area contributed by atoms with E-state index in [9.17, 15) is 9.18 Å². The molecule has 0 unspecified atom stereocenters. The third kappa shape index (κ3) is 1.77. The zero-order valence-electron chi connectivity index (χ0n) is 8.61. The van der Waals surface area contributed by atoms with E-state index in [0.29, 0.717) is 18.5 Å². The quantitative estimate of drug-likeness (QED) is 0.805. The number of hydrogen-bond acceptors (Lipinski definition) is 2. The first-order valence-electron chi connectivity index (χ1n) is 4.98. The minimum atomic E-state index is -0.439. The van der Waals surface area contributed by atoms with Gasteiger partial charge in [0.25, 0.3) is 5.56 Å². The summed E-state index contributed by atoms with van der Waals surface area (Å²) in [6.07, 6.45) is 2.04. The Bertz CT molecular complexity index is 544. The van der Waals surface area contributed by atoms with E-state index in [0.717, 1.165) is 0 Å². The first kappa shape index (κ1) is 10.6. The van der Waals surface area contributed by atoms with E-state index in [2.05, 4.69) is 5.10 Å². The number of nitrogens with one attached hydrogen (secondary N) is 1. The summed E-state index contributed by atoms with van der Waals surface area (Å²) in [5, 5.41) is 2.72. The van der Waals surface area contributed by atoms with Crippen LogP contribution in [0, 0.1) is 5.82 Å². The van der Waals surface area contributed by atoms with Crippen molar-refractivity contribution in [1.82, 2.24) is 9.78 Å². The summed E-state index contributed by atoms with van der Waals surface area (Å²) in [5.74, 6) is -0.439. The SMILES string of the molecule is NCCc1c[nH]n(-c2ccccc2F)c1=O. The van der Waals surface area contributed by atoms with Gasteiger partial charge in [-0.25, -0.2) is 9.07 Å². The lowest BCUT2D eigenvalue weighted by Crippen LogP contribution is -2.20. The van der Waals surface area contributed by atoms with Crippen molar-refractivity contribution >= 4 is 0 Å². The Hall–Kier alpha value is -1.88. The number of nitrogens with two attached hydrogens (primary N) is 1. The standard InChI is InChI=1S/C11H12FN3O/c12-9-3-1-2-4-10(9)15-11(16)8(5-6-13)7-14-15/h1-4,7,14H,5-6,13H2. The predicted molar refractivity (Wildman–Crippen MR) is 59.1 cm³/mol. The van der Waals surface area contributed by atoms with Gasteiger partial charge in [-0.15, -0.1) is 0 Å². The van der Waals surface area contributed by atoms with E-state index in [4.69, 9.17) is 5.73 Å². The van der Waals surface area contributed by atoms with Crippen molar-refractivity contribution in [2.45, 2.75) is 6.42 Å². The molecule has 1 aromatic carbocycles. The minimum absolute atomic E-state index is 0.218. The van der Waals surface area contributed by atoms with Crippen molar-refractivity contribution < 1.29 is 4.39 Å². The molecular weight excluding hydrogens is 209 g/mol. The molecule has 0 amide bonds. The lowest BCUT2D eigenvalue weighted by molar-refractivity contribution is 0.608. The van der Waals surface area contributed by atoms with Gasteiger partial charge in [-0.3, -0.25) is 9.89 Å². The molecule has 2 rings (SSSR count). The smallest absolute Gasteiger partial charge is 0.274 e. The van der Waals surface area contributed by atoms with Crippen LogP contribution in [0.4, 0.5) is 4.39 Å². The van der Waals surface area contributed by atoms with Gasteiger partial charge in [0.1, 0.15) is 11.5 Å². The second-order valence-corrected chi connectivity index (χ2v) is 3.43. The molecule has 0 radical (unpaired) electrons. The number of benzene rings is 1. The Labute approximate surface area is 91.5 Å². The maximum atomic E-state index is 13.4. The van der Waals surface area contributed by atoms with Crippen LogP contribution in [0.3, 0.4) is 0 Å². The molecule has 0 aliphatic carbocycles. The third-order valence-corrected chi connectivity index (χ3v) is 2.35. The maximum Gasteiger partial charge on any atom is 0.274 e. The Morgan fingerprint density at radius 1 is 1.38 bits per heavy atom. The zero-order valence-corrected chi connectivity index (χ0v) is 8.61. The van der Waals surface area contributed by atoms with E-state index in [-0.39, 0.29) is 11.2 Å². The number of nitrogens with zero attached hydrogens (tertiary/aromatic N) is 1. The third-order valence-electron chi connectivity index (χ3n) is 2.35. The molecule has 4 nitrogen and oxygen atoms in total. The van der Waals surface area contributed by atoms with Gasteiger partial charge in [0, 0.05) is 11.8 Å². The number of hydrogen-bond donors (Lipinski definition) is 2. The fraction of sp³-hybridized carbons (Fsp3) is 0.182. The van der Waals surface area contributed by atoms with Crippen LogP contribution < -0.4 is 11.3 Å². The highest BCUT2D eigenvalue weighted by Crippen LogP contribution is 2.09. The number of aromatic amines is 1. The predicted octanol–water partition coefficient (Wildman–Crippen LogP) is 0.806. The molecule has 0 bridgehead atoms. The van der Waals surface area contributed by atoms with E-state index < -0.39 is 5.82 Å². The summed E-state index contributed by atoms with van der Waals surface area (Å²) in [7, 11) is 0. The van der Waals surface area contributed by atoms with E-state index in [1.165, 1.54) is 10.7 Å². The number of H-pyrrole nitrogens is 1. The monoisotopic (exact) mass is 221 g/mol. The molecule has 0 saturated carbocycles. The molecule has 16 heavy (non-hydrogen) atoms. The highest BCUT2D eigenvalue weighted by molar-refractivity contribution is 5.33. The van der Waals surface area contributed by atoms with Crippen LogP contribution >= 0.6 is 0 Å². The number of rotatable bonds is 3. The molecule has 0 atom stereocenters. The topological polar surface area (TPSA) is 63.8 Å². The van der Waals surface area contributed by atoms with Gasteiger partial charge >= 0.3 is 0 Å². The average Bonchev–Trinajstić information content (AvgIpc) is 2.62. The second kappa shape index (κ2) is 4.32. The number of aromatic nitrogens is 2. The van der Waals surface area contributed by atoms with Gasteiger partial charge in [-0.2, -0.15) is 0 Å². The normalized spacial score (nSPS) is 10.6. The Morgan fingerprint density at radius 2 is 2.12 bits per heavy atom. The molecule has 1 heterocycles. The molecule has 0 aliphatic rings. The zero-order chi connectivity index (χ0) is 11.5. The fourth-order valence-electron chi connectivity index (χ4n) is 1.55. The van der Waals surface area contributed by atoms with Crippen molar-refractivity contribution in [3.8, 4) is 5.69 Å². The first-order chi connectivity index (χ1) is 7.74. The van der Waals surface area contributed by atoms with Gasteiger partial charge in [0.2, 0.25) is 0 Å². The van der Waals surface area contributed by atoms with Gasteiger partial charge in [0.05, 0.1) is 0 Å².